The number of rotatable bonds is 3. The fourth-order valence-electron chi connectivity index (χ4n) is 2.45. The Balaban J connectivity index is 2.20. The molecular weight excluding hydrogens is 422 g/mol. The van der Waals surface area contributed by atoms with E-state index in [1.54, 1.807) is 0 Å². The van der Waals surface area contributed by atoms with Crippen LogP contribution >= 0.6 is 11.6 Å². The summed E-state index contributed by atoms with van der Waals surface area (Å²) in [6.45, 7) is 0. The Morgan fingerprint density at radius 3 is 2.52 bits per heavy atom. The van der Waals surface area contributed by atoms with Crippen LogP contribution in [0.1, 0.15) is 5.69 Å². The maximum absolute atomic E-state index is 14.4. The van der Waals surface area contributed by atoms with Crippen LogP contribution in [0.3, 0.4) is 0 Å². The quantitative estimate of drug-likeness (QED) is 0.643. The van der Waals surface area contributed by atoms with Crippen molar-refractivity contribution in [3.05, 3.63) is 73.9 Å². The van der Waals surface area contributed by atoms with Crippen LogP contribution in [0, 0.1) is 5.82 Å². The van der Waals surface area contributed by atoms with E-state index in [1.807, 2.05) is 0 Å². The van der Waals surface area contributed by atoms with Crippen molar-refractivity contribution in [2.75, 3.05) is 0 Å². The Hall–Kier alpha value is -3.34. The van der Waals surface area contributed by atoms with Crippen molar-refractivity contribution in [1.82, 2.24) is 14.1 Å². The summed E-state index contributed by atoms with van der Waals surface area (Å²) in [5.74, 6) is -2.14. The van der Waals surface area contributed by atoms with Gasteiger partial charge in [-0.2, -0.15) is 13.2 Å². The van der Waals surface area contributed by atoms with Gasteiger partial charge in [0.25, 0.3) is 11.4 Å². The lowest BCUT2D eigenvalue weighted by Crippen LogP contribution is -2.41. The summed E-state index contributed by atoms with van der Waals surface area (Å²) in [4.78, 5) is 28.3. The van der Waals surface area contributed by atoms with E-state index in [1.165, 1.54) is 18.3 Å². The number of hydrogen-bond donors (Lipinski definition) is 1. The molecule has 3 rings (SSSR count). The van der Waals surface area contributed by atoms with Crippen LogP contribution in [-0.2, 0) is 13.2 Å². The number of pyridine rings is 1. The van der Waals surface area contributed by atoms with Gasteiger partial charge in [0.1, 0.15) is 11.5 Å². The van der Waals surface area contributed by atoms with E-state index < -0.39 is 34.6 Å². The fourth-order valence-corrected chi connectivity index (χ4v) is 2.64. The zero-order valence-corrected chi connectivity index (χ0v) is 15.1. The minimum absolute atomic E-state index is 0.167. The number of hydrogen-bond acceptors (Lipinski definition) is 5. The van der Waals surface area contributed by atoms with Gasteiger partial charge >= 0.3 is 11.9 Å². The first kappa shape index (κ1) is 20.4. The van der Waals surface area contributed by atoms with Gasteiger partial charge in [-0.05, 0) is 18.2 Å². The first-order chi connectivity index (χ1) is 13.5. The molecule has 2 heterocycles. The molecule has 152 valence electrons. The molecule has 0 radical (unpaired) electrons. The normalized spacial score (nSPS) is 11.5. The van der Waals surface area contributed by atoms with E-state index in [-0.39, 0.29) is 37.6 Å². The maximum Gasteiger partial charge on any atom is 0.431 e. The number of nitrogens with zero attached hydrogens (tertiary/aromatic N) is 3. The molecule has 0 aliphatic carbocycles. The van der Waals surface area contributed by atoms with E-state index in [0.29, 0.717) is 6.07 Å². The second-order valence-corrected chi connectivity index (χ2v) is 6.11. The van der Waals surface area contributed by atoms with Crippen LogP contribution < -0.4 is 16.0 Å². The van der Waals surface area contributed by atoms with E-state index >= 15 is 0 Å². The van der Waals surface area contributed by atoms with Gasteiger partial charge in [-0.3, -0.25) is 9.36 Å². The molecular formula is C17H10ClF4N3O4. The first-order valence-corrected chi connectivity index (χ1v) is 8.10. The van der Waals surface area contributed by atoms with Crippen molar-refractivity contribution in [2.45, 2.75) is 6.18 Å². The molecule has 0 atom stereocenters. The Morgan fingerprint density at radius 2 is 1.90 bits per heavy atom. The van der Waals surface area contributed by atoms with Crippen LogP contribution in [0.5, 0.6) is 17.4 Å². The summed E-state index contributed by atoms with van der Waals surface area (Å²) >= 11 is 5.89. The summed E-state index contributed by atoms with van der Waals surface area (Å²) in [6, 6.07) is 4.36. The van der Waals surface area contributed by atoms with E-state index in [4.69, 9.17) is 16.3 Å². The molecule has 2 aromatic heterocycles. The number of benzene rings is 1. The molecule has 0 bridgehead atoms. The second kappa shape index (κ2) is 7.24. The summed E-state index contributed by atoms with van der Waals surface area (Å²) in [5, 5.41) is 9.42. The van der Waals surface area contributed by atoms with Crippen molar-refractivity contribution >= 4 is 11.6 Å². The van der Waals surface area contributed by atoms with Gasteiger partial charge in [0.05, 0.1) is 10.7 Å². The number of alkyl halides is 3. The Labute approximate surface area is 164 Å². The average Bonchev–Trinajstić information content (AvgIpc) is 2.62. The fraction of sp³-hybridized carbons (Fsp3) is 0.118. The highest BCUT2D eigenvalue weighted by atomic mass is 35.5. The molecule has 29 heavy (non-hydrogen) atoms. The molecule has 0 saturated carbocycles. The number of aromatic nitrogens is 3. The lowest BCUT2D eigenvalue weighted by atomic mass is 10.2. The molecule has 3 aromatic rings. The van der Waals surface area contributed by atoms with Crippen LogP contribution in [0.2, 0.25) is 5.02 Å². The smallest absolute Gasteiger partial charge is 0.431 e. The average molecular weight is 432 g/mol. The lowest BCUT2D eigenvalue weighted by molar-refractivity contribution is -0.144. The van der Waals surface area contributed by atoms with Gasteiger partial charge in [0.15, 0.2) is 11.5 Å². The van der Waals surface area contributed by atoms with Crippen molar-refractivity contribution in [1.29, 1.82) is 0 Å². The number of halogens is 5. The molecule has 0 amide bonds. The minimum atomic E-state index is -4.96. The number of aromatic hydroxyl groups is 1. The summed E-state index contributed by atoms with van der Waals surface area (Å²) in [7, 11) is 0.790. The van der Waals surface area contributed by atoms with Crippen molar-refractivity contribution < 1.29 is 27.4 Å². The minimum Gasteiger partial charge on any atom is -0.503 e. The third-order valence-corrected chi connectivity index (χ3v) is 4.11. The van der Waals surface area contributed by atoms with Crippen LogP contribution in [-0.4, -0.2) is 19.2 Å². The molecule has 0 unspecified atom stereocenters. The second-order valence-electron chi connectivity index (χ2n) is 5.71. The predicted octanol–water partition coefficient (Wildman–Crippen LogP) is 3.24. The predicted molar refractivity (Wildman–Crippen MR) is 93.2 cm³/mol. The van der Waals surface area contributed by atoms with Gasteiger partial charge in [-0.1, -0.05) is 11.6 Å². The van der Waals surface area contributed by atoms with Gasteiger partial charge in [0.2, 0.25) is 0 Å². The van der Waals surface area contributed by atoms with Crippen LogP contribution in [0.25, 0.3) is 5.69 Å². The molecule has 0 fully saturated rings. The largest absolute Gasteiger partial charge is 0.503 e. The van der Waals surface area contributed by atoms with Crippen LogP contribution in [0.4, 0.5) is 17.6 Å². The molecule has 1 aromatic carbocycles. The highest BCUT2D eigenvalue weighted by molar-refractivity contribution is 6.32. The maximum atomic E-state index is 14.4. The monoisotopic (exact) mass is 431 g/mol. The van der Waals surface area contributed by atoms with Crippen molar-refractivity contribution in [3.8, 4) is 23.1 Å². The summed E-state index contributed by atoms with van der Waals surface area (Å²) in [6.07, 6.45) is -3.68. The molecule has 12 heteroatoms. The van der Waals surface area contributed by atoms with E-state index in [2.05, 4.69) is 4.98 Å². The van der Waals surface area contributed by atoms with Gasteiger partial charge < -0.3 is 9.84 Å². The first-order valence-electron chi connectivity index (χ1n) is 7.72. The summed E-state index contributed by atoms with van der Waals surface area (Å²) < 4.78 is 59.0. The van der Waals surface area contributed by atoms with Gasteiger partial charge in [-0.25, -0.2) is 18.7 Å². The molecule has 7 nitrogen and oxygen atoms in total. The molecule has 1 N–H and O–H groups in total. The highest BCUT2D eigenvalue weighted by Crippen LogP contribution is 2.35. The topological polar surface area (TPSA) is 86.3 Å². The van der Waals surface area contributed by atoms with Crippen molar-refractivity contribution in [2.24, 2.45) is 7.05 Å². The van der Waals surface area contributed by atoms with Crippen molar-refractivity contribution in [3.63, 3.8) is 0 Å². The van der Waals surface area contributed by atoms with Crippen LogP contribution in [0.15, 0.2) is 46.1 Å². The highest BCUT2D eigenvalue weighted by Gasteiger charge is 2.35. The van der Waals surface area contributed by atoms with E-state index in [0.717, 1.165) is 13.1 Å². The third kappa shape index (κ3) is 3.81. The van der Waals surface area contributed by atoms with Gasteiger partial charge in [0, 0.05) is 25.4 Å². The summed E-state index contributed by atoms with van der Waals surface area (Å²) in [5.41, 5.74) is -5.03. The Morgan fingerprint density at radius 1 is 1.21 bits per heavy atom. The SMILES string of the molecule is Cn1c(C(F)(F)F)cc(=O)n(-c2cc(Oc3ncccc3O)c(Cl)cc2F)c1=O. The Bertz CT molecular complexity index is 1220. The zero-order chi connectivity index (χ0) is 21.5. The number of ether oxygens (including phenoxy) is 1. The molecule has 0 saturated heterocycles. The lowest BCUT2D eigenvalue weighted by Gasteiger charge is -2.15. The van der Waals surface area contributed by atoms with E-state index in [9.17, 15) is 32.3 Å². The zero-order valence-electron chi connectivity index (χ0n) is 14.4. The third-order valence-electron chi connectivity index (χ3n) is 3.81. The Kier molecular flexibility index (Phi) is 5.09. The molecule has 0 spiro atoms. The molecule has 0 aliphatic heterocycles. The van der Waals surface area contributed by atoms with Gasteiger partial charge in [-0.15, -0.1) is 0 Å². The standard InChI is InChI=1S/C17H10ClF4N3O4/c1-24-13(17(20,21)22)7-14(27)25(16(24)28)10-6-12(8(18)5-9(10)19)29-15-11(26)3-2-4-23-15/h2-7,26H,1H3. The molecule has 0 aliphatic rings.